The van der Waals surface area contributed by atoms with Gasteiger partial charge in [0.2, 0.25) is 6.23 Å². The molecule has 8 heteroatoms. The lowest BCUT2D eigenvalue weighted by Crippen LogP contribution is -2.53. The van der Waals surface area contributed by atoms with Gasteiger partial charge < -0.3 is 9.57 Å². The second kappa shape index (κ2) is 6.82. The Labute approximate surface area is 140 Å². The van der Waals surface area contributed by atoms with Crippen LogP contribution in [0.3, 0.4) is 0 Å². The monoisotopic (exact) mass is 355 g/mol. The van der Waals surface area contributed by atoms with Gasteiger partial charge in [0, 0.05) is 28.6 Å². The molecule has 6 nitrogen and oxygen atoms in total. The van der Waals surface area contributed by atoms with Crippen molar-refractivity contribution < 1.29 is 23.4 Å². The van der Waals surface area contributed by atoms with Gasteiger partial charge >= 0.3 is 11.9 Å². The van der Waals surface area contributed by atoms with Crippen molar-refractivity contribution in [3.63, 3.8) is 0 Å². The maximum atomic E-state index is 12.8. The van der Waals surface area contributed by atoms with Crippen molar-refractivity contribution in [3.05, 3.63) is 41.4 Å². The van der Waals surface area contributed by atoms with Gasteiger partial charge in [-0.15, -0.1) is 0 Å². The van der Waals surface area contributed by atoms with E-state index in [1.807, 2.05) is 0 Å². The number of benzene rings is 1. The number of halogens is 1. The number of piperidine rings is 1. The summed E-state index contributed by atoms with van der Waals surface area (Å²) in [4.78, 5) is 29.0. The summed E-state index contributed by atoms with van der Waals surface area (Å²) in [5.74, 6) is -1.30. The Bertz CT molecular complexity index is 675. The van der Waals surface area contributed by atoms with E-state index >= 15 is 0 Å². The summed E-state index contributed by atoms with van der Waals surface area (Å²) in [5, 5.41) is 1.35. The van der Waals surface area contributed by atoms with Crippen LogP contribution in [0.25, 0.3) is 0 Å². The maximum Gasteiger partial charge on any atom is 0.350 e. The van der Waals surface area contributed by atoms with Crippen molar-refractivity contribution in [1.82, 2.24) is 5.06 Å². The quantitative estimate of drug-likeness (QED) is 0.753. The van der Waals surface area contributed by atoms with Crippen LogP contribution < -0.4 is 0 Å². The van der Waals surface area contributed by atoms with Crippen LogP contribution in [0.4, 0.5) is 0 Å². The fraction of sp³-hybridized carbons (Fsp3) is 0.333. The van der Waals surface area contributed by atoms with Crippen molar-refractivity contribution in [2.45, 2.75) is 29.2 Å². The number of esters is 1. The van der Waals surface area contributed by atoms with Crippen molar-refractivity contribution in [2.24, 2.45) is 0 Å². The van der Waals surface area contributed by atoms with Crippen LogP contribution in [0.1, 0.15) is 12.8 Å². The van der Waals surface area contributed by atoms with Crippen molar-refractivity contribution in [3.8, 4) is 0 Å². The molecule has 1 aromatic rings. The number of hydrogen-bond donors (Lipinski definition) is 0. The van der Waals surface area contributed by atoms with E-state index in [4.69, 9.17) is 21.2 Å². The van der Waals surface area contributed by atoms with E-state index < -0.39 is 34.2 Å². The van der Waals surface area contributed by atoms with Gasteiger partial charge in [-0.05, 0) is 37.1 Å². The van der Waals surface area contributed by atoms with Gasteiger partial charge in [-0.25, -0.2) is 9.59 Å². The minimum absolute atomic E-state index is 0.422. The summed E-state index contributed by atoms with van der Waals surface area (Å²) >= 11 is 5.85. The molecular formula is C15H14ClNO5S. The van der Waals surface area contributed by atoms with Crippen molar-refractivity contribution >= 4 is 34.3 Å². The average Bonchev–Trinajstić information content (AvgIpc) is 2.53. The standard InChI is InChI=1S/C15H14ClNO5S/c16-10-3-5-11(6-4-10)23(20)12-2-1-9-17-15(12)21-13(18)7-8-14(19)22-17/h3-8,12,15H,1-2,9H2/b8-7-. The molecule has 2 aliphatic heterocycles. The molecule has 3 rings (SSSR count). The summed E-state index contributed by atoms with van der Waals surface area (Å²) in [6.45, 7) is 0.422. The summed E-state index contributed by atoms with van der Waals surface area (Å²) in [6, 6.07) is 6.66. The molecule has 3 unspecified atom stereocenters. The fourth-order valence-corrected chi connectivity index (χ4v) is 4.20. The first-order valence-electron chi connectivity index (χ1n) is 7.08. The van der Waals surface area contributed by atoms with Gasteiger partial charge in [-0.1, -0.05) is 16.7 Å². The van der Waals surface area contributed by atoms with E-state index in [-0.39, 0.29) is 0 Å². The molecule has 0 N–H and O–H groups in total. The summed E-state index contributed by atoms with van der Waals surface area (Å²) in [5.41, 5.74) is 0. The normalized spacial score (nSPS) is 27.9. The first kappa shape index (κ1) is 16.2. The smallest absolute Gasteiger partial charge is 0.350 e. The topological polar surface area (TPSA) is 72.9 Å². The maximum absolute atomic E-state index is 12.8. The lowest BCUT2D eigenvalue weighted by molar-refractivity contribution is -0.245. The summed E-state index contributed by atoms with van der Waals surface area (Å²) < 4.78 is 18.2. The third kappa shape index (κ3) is 3.63. The van der Waals surface area contributed by atoms with Gasteiger partial charge in [-0.2, -0.15) is 0 Å². The highest BCUT2D eigenvalue weighted by molar-refractivity contribution is 7.85. The number of carbonyl (C=O) groups excluding carboxylic acids is 2. The molecule has 0 bridgehead atoms. The second-order valence-corrected chi connectivity index (χ2v) is 7.25. The van der Waals surface area contributed by atoms with Crippen LogP contribution in [0.5, 0.6) is 0 Å². The number of ether oxygens (including phenoxy) is 1. The molecule has 0 spiro atoms. The highest BCUT2D eigenvalue weighted by Gasteiger charge is 2.41. The number of nitrogens with zero attached hydrogens (tertiary/aromatic N) is 1. The number of carbonyl (C=O) groups is 2. The molecule has 122 valence electrons. The molecule has 2 aliphatic rings. The van der Waals surface area contributed by atoms with Crippen LogP contribution in [0.2, 0.25) is 5.02 Å². The highest BCUT2D eigenvalue weighted by Crippen LogP contribution is 2.28. The molecule has 3 atom stereocenters. The number of hydrogen-bond acceptors (Lipinski definition) is 6. The lowest BCUT2D eigenvalue weighted by Gasteiger charge is -2.38. The van der Waals surface area contributed by atoms with Crippen molar-refractivity contribution in [1.29, 1.82) is 0 Å². The predicted molar refractivity (Wildman–Crippen MR) is 82.7 cm³/mol. The molecule has 1 fully saturated rings. The van der Waals surface area contributed by atoms with E-state index in [9.17, 15) is 13.8 Å². The Morgan fingerprint density at radius 1 is 1.13 bits per heavy atom. The molecule has 2 heterocycles. The van der Waals surface area contributed by atoms with Crippen molar-refractivity contribution in [2.75, 3.05) is 6.54 Å². The first-order chi connectivity index (χ1) is 11.0. The number of rotatable bonds is 2. The zero-order valence-electron chi connectivity index (χ0n) is 12.0. The third-order valence-corrected chi connectivity index (χ3v) is 5.60. The Morgan fingerprint density at radius 2 is 1.83 bits per heavy atom. The molecule has 23 heavy (non-hydrogen) atoms. The van der Waals surface area contributed by atoms with Crippen LogP contribution in [0.15, 0.2) is 41.3 Å². The molecule has 0 saturated carbocycles. The Hall–Kier alpha value is -1.70. The van der Waals surface area contributed by atoms with Crippen LogP contribution in [-0.2, 0) is 30.0 Å². The molecular weight excluding hydrogens is 342 g/mol. The van der Waals surface area contributed by atoms with Gasteiger partial charge in [0.25, 0.3) is 0 Å². The van der Waals surface area contributed by atoms with Gasteiger partial charge in [0.1, 0.15) is 0 Å². The van der Waals surface area contributed by atoms with E-state index in [0.29, 0.717) is 29.3 Å². The van der Waals surface area contributed by atoms with Crippen LogP contribution >= 0.6 is 11.6 Å². The van der Waals surface area contributed by atoms with Gasteiger partial charge in [0.15, 0.2) is 0 Å². The predicted octanol–water partition coefficient (Wildman–Crippen LogP) is 1.81. The zero-order valence-corrected chi connectivity index (χ0v) is 13.6. The van der Waals surface area contributed by atoms with Crippen LogP contribution in [0, 0.1) is 0 Å². The molecule has 0 aromatic heterocycles. The molecule has 1 saturated heterocycles. The van der Waals surface area contributed by atoms with E-state index in [1.165, 1.54) is 5.06 Å². The zero-order chi connectivity index (χ0) is 16.4. The van der Waals surface area contributed by atoms with E-state index in [1.54, 1.807) is 24.3 Å². The number of fused-ring (bicyclic) bond motifs is 1. The highest BCUT2D eigenvalue weighted by atomic mass is 35.5. The van der Waals surface area contributed by atoms with E-state index in [2.05, 4.69) is 0 Å². The largest absolute Gasteiger partial charge is 0.439 e. The minimum Gasteiger partial charge on any atom is -0.439 e. The SMILES string of the molecule is O=C1/C=C\C(=O)ON2CCCC(S(=O)c3ccc(Cl)cc3)C2O1. The molecule has 0 amide bonds. The van der Waals surface area contributed by atoms with Gasteiger partial charge in [0.05, 0.1) is 16.0 Å². The van der Waals surface area contributed by atoms with Gasteiger partial charge in [-0.3, -0.25) is 4.21 Å². The summed E-state index contributed by atoms with van der Waals surface area (Å²) in [7, 11) is -1.43. The fourth-order valence-electron chi connectivity index (χ4n) is 2.53. The summed E-state index contributed by atoms with van der Waals surface area (Å²) in [6.07, 6.45) is 2.41. The van der Waals surface area contributed by atoms with Crippen LogP contribution in [-0.4, -0.2) is 39.2 Å². The number of hydroxylamine groups is 2. The first-order valence-corrected chi connectivity index (χ1v) is 8.67. The van der Waals surface area contributed by atoms with E-state index in [0.717, 1.165) is 12.2 Å². The second-order valence-electron chi connectivity index (χ2n) is 5.14. The molecule has 1 aromatic carbocycles. The Balaban J connectivity index is 1.87. The average molecular weight is 356 g/mol. The Morgan fingerprint density at radius 3 is 2.57 bits per heavy atom. The minimum atomic E-state index is -1.43. The molecule has 0 radical (unpaired) electrons. The molecule has 0 aliphatic carbocycles. The third-order valence-electron chi connectivity index (χ3n) is 3.59. The lowest BCUT2D eigenvalue weighted by atomic mass is 10.1. The Kier molecular flexibility index (Phi) is 4.79.